The van der Waals surface area contributed by atoms with E-state index in [1.165, 1.54) is 19.3 Å². The van der Waals surface area contributed by atoms with E-state index in [2.05, 4.69) is 20.8 Å². The van der Waals surface area contributed by atoms with Gasteiger partial charge in [0.15, 0.2) is 0 Å². The Morgan fingerprint density at radius 1 is 1.21 bits per heavy atom. The van der Waals surface area contributed by atoms with Crippen LogP contribution in [0.3, 0.4) is 0 Å². The minimum Gasteiger partial charge on any atom is -0.443 e. The third kappa shape index (κ3) is 3.43. The highest BCUT2D eigenvalue weighted by atomic mass is 16.6. The minimum atomic E-state index is -0.216. The SMILES string of the molecule is CC1CCCC(OC(=O)N2CCCCC2)(C(C)C)C1. The average molecular weight is 267 g/mol. The number of hydrogen-bond donors (Lipinski definition) is 0. The molecule has 0 radical (unpaired) electrons. The van der Waals surface area contributed by atoms with Crippen LogP contribution in [-0.2, 0) is 4.74 Å². The van der Waals surface area contributed by atoms with E-state index >= 15 is 0 Å². The van der Waals surface area contributed by atoms with Crippen LogP contribution in [0.2, 0.25) is 0 Å². The first-order valence-electron chi connectivity index (χ1n) is 8.01. The first kappa shape index (κ1) is 14.7. The fourth-order valence-corrected chi connectivity index (χ4v) is 3.59. The van der Waals surface area contributed by atoms with Crippen molar-refractivity contribution in [2.75, 3.05) is 13.1 Å². The molecule has 1 heterocycles. The van der Waals surface area contributed by atoms with Gasteiger partial charge in [-0.15, -0.1) is 0 Å². The Morgan fingerprint density at radius 3 is 2.47 bits per heavy atom. The van der Waals surface area contributed by atoms with Gasteiger partial charge in [0, 0.05) is 13.1 Å². The summed E-state index contributed by atoms with van der Waals surface area (Å²) in [7, 11) is 0. The summed E-state index contributed by atoms with van der Waals surface area (Å²) in [5.74, 6) is 1.08. The predicted molar refractivity (Wildman–Crippen MR) is 77.1 cm³/mol. The third-order valence-corrected chi connectivity index (χ3v) is 4.95. The molecule has 0 N–H and O–H groups in total. The number of ether oxygens (including phenoxy) is 1. The Hall–Kier alpha value is -0.730. The zero-order chi connectivity index (χ0) is 13.9. The largest absolute Gasteiger partial charge is 0.443 e. The summed E-state index contributed by atoms with van der Waals surface area (Å²) in [6.07, 6.45) is 7.96. The first-order chi connectivity index (χ1) is 9.03. The van der Waals surface area contributed by atoms with E-state index in [1.54, 1.807) is 0 Å². The van der Waals surface area contributed by atoms with Crippen molar-refractivity contribution in [3.8, 4) is 0 Å². The van der Waals surface area contributed by atoms with Crippen molar-refractivity contribution < 1.29 is 9.53 Å². The molecule has 0 aromatic heterocycles. The van der Waals surface area contributed by atoms with E-state index in [0.717, 1.165) is 38.8 Å². The Kier molecular flexibility index (Phi) is 4.75. The van der Waals surface area contributed by atoms with Crippen LogP contribution in [0.4, 0.5) is 4.79 Å². The standard InChI is InChI=1S/C16H29NO2/c1-13(2)16(9-7-8-14(3)12-16)19-15(18)17-10-5-4-6-11-17/h13-14H,4-12H2,1-3H3. The molecule has 2 fully saturated rings. The predicted octanol–water partition coefficient (Wildman–Crippen LogP) is 4.21. The Morgan fingerprint density at radius 2 is 1.89 bits per heavy atom. The molecular weight excluding hydrogens is 238 g/mol. The van der Waals surface area contributed by atoms with Crippen molar-refractivity contribution in [2.45, 2.75) is 71.3 Å². The van der Waals surface area contributed by atoms with Crippen LogP contribution in [0.1, 0.15) is 65.7 Å². The molecule has 1 aliphatic carbocycles. The van der Waals surface area contributed by atoms with E-state index in [-0.39, 0.29) is 11.7 Å². The number of carbonyl (C=O) groups excluding carboxylic acids is 1. The van der Waals surface area contributed by atoms with Gasteiger partial charge in [0.25, 0.3) is 0 Å². The molecule has 3 nitrogen and oxygen atoms in total. The van der Waals surface area contributed by atoms with Crippen LogP contribution in [-0.4, -0.2) is 29.7 Å². The lowest BCUT2D eigenvalue weighted by atomic mass is 9.73. The number of likely N-dealkylation sites (tertiary alicyclic amines) is 1. The van der Waals surface area contributed by atoms with Gasteiger partial charge in [-0.1, -0.05) is 27.2 Å². The first-order valence-corrected chi connectivity index (χ1v) is 8.01. The lowest BCUT2D eigenvalue weighted by Crippen LogP contribution is -2.48. The zero-order valence-electron chi connectivity index (χ0n) is 12.8. The van der Waals surface area contributed by atoms with Crippen molar-refractivity contribution >= 4 is 6.09 Å². The van der Waals surface area contributed by atoms with Crippen LogP contribution in [0.15, 0.2) is 0 Å². The number of piperidine rings is 1. The molecule has 1 saturated carbocycles. The summed E-state index contributed by atoms with van der Waals surface area (Å²) in [6.45, 7) is 8.43. The van der Waals surface area contributed by atoms with Gasteiger partial charge >= 0.3 is 6.09 Å². The van der Waals surface area contributed by atoms with Gasteiger partial charge in [0.2, 0.25) is 0 Å². The van der Waals surface area contributed by atoms with E-state index in [0.29, 0.717) is 11.8 Å². The van der Waals surface area contributed by atoms with E-state index in [1.807, 2.05) is 4.90 Å². The second-order valence-corrected chi connectivity index (χ2v) is 6.84. The second-order valence-electron chi connectivity index (χ2n) is 6.84. The van der Waals surface area contributed by atoms with Gasteiger partial charge in [-0.3, -0.25) is 0 Å². The monoisotopic (exact) mass is 267 g/mol. The van der Waals surface area contributed by atoms with Crippen LogP contribution >= 0.6 is 0 Å². The lowest BCUT2D eigenvalue weighted by molar-refractivity contribution is -0.0758. The Balaban J connectivity index is 2.01. The molecular formula is C16H29NO2. The maximum atomic E-state index is 12.4. The van der Waals surface area contributed by atoms with Crippen LogP contribution in [0, 0.1) is 11.8 Å². The molecule has 2 unspecified atom stereocenters. The highest BCUT2D eigenvalue weighted by molar-refractivity contribution is 5.68. The second kappa shape index (κ2) is 6.15. The molecule has 19 heavy (non-hydrogen) atoms. The average Bonchev–Trinajstić information content (AvgIpc) is 2.39. The molecule has 1 aliphatic heterocycles. The Bertz CT molecular complexity index is 310. The molecule has 0 spiro atoms. The number of nitrogens with zero attached hydrogens (tertiary/aromatic N) is 1. The molecule has 2 rings (SSSR count). The molecule has 110 valence electrons. The van der Waals surface area contributed by atoms with Crippen molar-refractivity contribution in [1.29, 1.82) is 0 Å². The summed E-state index contributed by atoms with van der Waals surface area (Å²) >= 11 is 0. The van der Waals surface area contributed by atoms with E-state index in [9.17, 15) is 4.79 Å². The molecule has 0 aromatic rings. The highest BCUT2D eigenvalue weighted by Crippen LogP contribution is 2.40. The number of hydrogen-bond acceptors (Lipinski definition) is 2. The molecule has 2 atom stereocenters. The van der Waals surface area contributed by atoms with E-state index in [4.69, 9.17) is 4.74 Å². The molecule has 1 amide bonds. The van der Waals surface area contributed by atoms with Crippen LogP contribution in [0.25, 0.3) is 0 Å². The van der Waals surface area contributed by atoms with Crippen molar-refractivity contribution in [2.24, 2.45) is 11.8 Å². The molecule has 0 aromatic carbocycles. The van der Waals surface area contributed by atoms with Crippen molar-refractivity contribution in [3.63, 3.8) is 0 Å². The topological polar surface area (TPSA) is 29.5 Å². The van der Waals surface area contributed by atoms with Gasteiger partial charge < -0.3 is 9.64 Å². The number of amides is 1. The van der Waals surface area contributed by atoms with Gasteiger partial charge in [0.1, 0.15) is 5.60 Å². The fraction of sp³-hybridized carbons (Fsp3) is 0.938. The molecule has 2 aliphatic rings. The van der Waals surface area contributed by atoms with Gasteiger partial charge in [-0.2, -0.15) is 0 Å². The summed E-state index contributed by atoms with van der Waals surface area (Å²) in [5, 5.41) is 0. The lowest BCUT2D eigenvalue weighted by Gasteiger charge is -2.43. The quantitative estimate of drug-likeness (QED) is 0.750. The van der Waals surface area contributed by atoms with Gasteiger partial charge in [-0.05, 0) is 50.4 Å². The Labute approximate surface area is 117 Å². The van der Waals surface area contributed by atoms with Gasteiger partial charge in [0.05, 0.1) is 0 Å². The fourth-order valence-electron chi connectivity index (χ4n) is 3.59. The molecule has 0 bridgehead atoms. The van der Waals surface area contributed by atoms with Crippen LogP contribution < -0.4 is 0 Å². The zero-order valence-corrected chi connectivity index (χ0v) is 12.8. The maximum absolute atomic E-state index is 12.4. The summed E-state index contributed by atoms with van der Waals surface area (Å²) in [4.78, 5) is 14.3. The summed E-state index contributed by atoms with van der Waals surface area (Å²) in [6, 6.07) is 0. The van der Waals surface area contributed by atoms with Crippen molar-refractivity contribution in [1.82, 2.24) is 4.90 Å². The molecule has 1 saturated heterocycles. The molecule has 3 heteroatoms. The highest BCUT2D eigenvalue weighted by Gasteiger charge is 2.42. The normalized spacial score (nSPS) is 32.4. The third-order valence-electron chi connectivity index (χ3n) is 4.95. The van der Waals surface area contributed by atoms with Crippen LogP contribution in [0.5, 0.6) is 0 Å². The van der Waals surface area contributed by atoms with E-state index < -0.39 is 0 Å². The summed E-state index contributed by atoms with van der Waals surface area (Å²) < 4.78 is 6.04. The van der Waals surface area contributed by atoms with Crippen molar-refractivity contribution in [3.05, 3.63) is 0 Å². The van der Waals surface area contributed by atoms with Gasteiger partial charge in [-0.25, -0.2) is 4.79 Å². The number of carbonyl (C=O) groups is 1. The minimum absolute atomic E-state index is 0.0671. The smallest absolute Gasteiger partial charge is 0.410 e. The summed E-state index contributed by atoms with van der Waals surface area (Å²) in [5.41, 5.74) is -0.216. The maximum Gasteiger partial charge on any atom is 0.410 e. The number of rotatable bonds is 2.